The summed E-state index contributed by atoms with van der Waals surface area (Å²) >= 11 is 0. The summed E-state index contributed by atoms with van der Waals surface area (Å²) in [6.07, 6.45) is 1.47. The molecule has 0 unspecified atom stereocenters. The molecule has 5 heteroatoms. The zero-order chi connectivity index (χ0) is 12.5. The van der Waals surface area contributed by atoms with Gasteiger partial charge in [0, 0.05) is 13.5 Å². The molecule has 0 atom stereocenters. The predicted octanol–water partition coefficient (Wildman–Crippen LogP) is 1.04. The lowest BCUT2D eigenvalue weighted by Crippen LogP contribution is -2.20. The van der Waals surface area contributed by atoms with E-state index < -0.39 is 9.84 Å². The molecule has 1 aromatic carbocycles. The first-order valence-corrected chi connectivity index (χ1v) is 7.23. The average molecular weight is 253 g/mol. The highest BCUT2D eigenvalue weighted by Crippen LogP contribution is 2.25. The number of nitrogens with one attached hydrogen (secondary N) is 1. The van der Waals surface area contributed by atoms with Crippen molar-refractivity contribution in [2.45, 2.75) is 31.2 Å². The number of carbonyl (C=O) groups is 1. The minimum Gasteiger partial charge on any atom is -0.352 e. The van der Waals surface area contributed by atoms with Crippen LogP contribution in [0.25, 0.3) is 0 Å². The van der Waals surface area contributed by atoms with Crippen molar-refractivity contribution >= 4 is 15.7 Å². The van der Waals surface area contributed by atoms with E-state index in [0.717, 1.165) is 17.5 Å². The third-order valence-corrected chi connectivity index (χ3v) is 4.76. The fourth-order valence-electron chi connectivity index (χ4n) is 2.03. The topological polar surface area (TPSA) is 63.2 Å². The minimum atomic E-state index is -3.08. The van der Waals surface area contributed by atoms with Gasteiger partial charge in [-0.2, -0.15) is 0 Å². The Kier molecular flexibility index (Phi) is 3.19. The van der Waals surface area contributed by atoms with Crippen LogP contribution in [0.1, 0.15) is 24.5 Å². The Bertz CT molecular complexity index is 549. The second kappa shape index (κ2) is 4.49. The number of amides is 1. The lowest BCUT2D eigenvalue weighted by molar-refractivity contribution is -0.119. The van der Waals surface area contributed by atoms with E-state index in [9.17, 15) is 13.2 Å². The molecule has 2 rings (SSSR count). The molecule has 0 bridgehead atoms. The maximum absolute atomic E-state index is 11.8. The van der Waals surface area contributed by atoms with Gasteiger partial charge < -0.3 is 5.32 Å². The summed E-state index contributed by atoms with van der Waals surface area (Å²) in [6.45, 7) is 1.91. The summed E-state index contributed by atoms with van der Waals surface area (Å²) in [4.78, 5) is 11.3. The van der Waals surface area contributed by atoms with Gasteiger partial charge in [-0.15, -0.1) is 0 Å². The molecule has 4 nitrogen and oxygen atoms in total. The fourth-order valence-corrected chi connectivity index (χ4v) is 3.61. The van der Waals surface area contributed by atoms with Crippen LogP contribution in [0, 0.1) is 0 Å². The summed E-state index contributed by atoms with van der Waals surface area (Å²) in [5.41, 5.74) is 1.81. The molecule has 1 amide bonds. The summed E-state index contributed by atoms with van der Waals surface area (Å²) in [6, 6.07) is 5.29. The number of aryl methyl sites for hydroxylation is 1. The minimum absolute atomic E-state index is 0.0876. The first-order chi connectivity index (χ1) is 7.99. The number of fused-ring (bicyclic) bond motifs is 1. The van der Waals surface area contributed by atoms with Crippen LogP contribution in [0.4, 0.5) is 0 Å². The standard InChI is InChI=1S/C12H15NO3S/c1-9(14)13-8-10-4-5-12-11(7-10)3-2-6-17(12,15)16/h4-5,7H,2-3,6,8H2,1H3,(H,13,14). The van der Waals surface area contributed by atoms with E-state index in [1.54, 1.807) is 12.1 Å². The average Bonchev–Trinajstić information content (AvgIpc) is 2.25. The van der Waals surface area contributed by atoms with E-state index in [4.69, 9.17) is 0 Å². The van der Waals surface area contributed by atoms with Gasteiger partial charge in [-0.1, -0.05) is 12.1 Å². The van der Waals surface area contributed by atoms with Crippen molar-refractivity contribution < 1.29 is 13.2 Å². The molecule has 0 saturated carbocycles. The molecule has 0 radical (unpaired) electrons. The van der Waals surface area contributed by atoms with Crippen LogP contribution in [0.3, 0.4) is 0 Å². The van der Waals surface area contributed by atoms with Crippen LogP contribution in [0.15, 0.2) is 23.1 Å². The van der Waals surface area contributed by atoms with Gasteiger partial charge in [-0.3, -0.25) is 4.79 Å². The van der Waals surface area contributed by atoms with Gasteiger partial charge >= 0.3 is 0 Å². The van der Waals surface area contributed by atoms with Crippen molar-refractivity contribution in [3.05, 3.63) is 29.3 Å². The van der Waals surface area contributed by atoms with Gasteiger partial charge in [0.2, 0.25) is 5.91 Å². The second-order valence-electron chi connectivity index (χ2n) is 4.27. The Morgan fingerprint density at radius 1 is 1.41 bits per heavy atom. The van der Waals surface area contributed by atoms with Gasteiger partial charge in [-0.05, 0) is 30.0 Å². The number of hydrogen-bond acceptors (Lipinski definition) is 3. The number of benzene rings is 1. The monoisotopic (exact) mass is 253 g/mol. The van der Waals surface area contributed by atoms with Crippen molar-refractivity contribution in [3.63, 3.8) is 0 Å². The second-order valence-corrected chi connectivity index (χ2v) is 6.35. The number of sulfone groups is 1. The maximum Gasteiger partial charge on any atom is 0.217 e. The van der Waals surface area contributed by atoms with Crippen molar-refractivity contribution in [1.29, 1.82) is 0 Å². The van der Waals surface area contributed by atoms with Gasteiger partial charge in [0.25, 0.3) is 0 Å². The van der Waals surface area contributed by atoms with E-state index in [0.29, 0.717) is 17.9 Å². The summed E-state index contributed by atoms with van der Waals surface area (Å²) in [5, 5.41) is 2.70. The summed E-state index contributed by atoms with van der Waals surface area (Å²) in [7, 11) is -3.08. The van der Waals surface area contributed by atoms with Crippen LogP contribution in [-0.2, 0) is 27.6 Å². The van der Waals surface area contributed by atoms with E-state index in [1.807, 2.05) is 6.07 Å². The molecule has 92 valence electrons. The van der Waals surface area contributed by atoms with Gasteiger partial charge in [0.15, 0.2) is 9.84 Å². The number of hydrogen-bond donors (Lipinski definition) is 1. The molecule has 0 saturated heterocycles. The highest BCUT2D eigenvalue weighted by Gasteiger charge is 2.23. The van der Waals surface area contributed by atoms with E-state index in [1.165, 1.54) is 6.92 Å². The van der Waals surface area contributed by atoms with Crippen LogP contribution < -0.4 is 5.32 Å². The smallest absolute Gasteiger partial charge is 0.217 e. The van der Waals surface area contributed by atoms with Crippen molar-refractivity contribution in [2.24, 2.45) is 0 Å². The molecule has 1 N–H and O–H groups in total. The molecule has 0 fully saturated rings. The maximum atomic E-state index is 11.8. The molecule has 1 aliphatic heterocycles. The molecular formula is C12H15NO3S. The number of carbonyl (C=O) groups excluding carboxylic acids is 1. The number of rotatable bonds is 2. The molecule has 0 spiro atoms. The zero-order valence-corrected chi connectivity index (χ0v) is 10.5. The van der Waals surface area contributed by atoms with Gasteiger partial charge in [0.05, 0.1) is 10.6 Å². The molecule has 0 aliphatic carbocycles. The molecular weight excluding hydrogens is 238 g/mol. The third-order valence-electron chi connectivity index (χ3n) is 2.86. The predicted molar refractivity (Wildman–Crippen MR) is 64.3 cm³/mol. The van der Waals surface area contributed by atoms with Crippen molar-refractivity contribution in [3.8, 4) is 0 Å². The molecule has 0 aromatic heterocycles. The molecule has 17 heavy (non-hydrogen) atoms. The Hall–Kier alpha value is -1.36. The quantitative estimate of drug-likeness (QED) is 0.856. The van der Waals surface area contributed by atoms with Crippen LogP contribution in [0.2, 0.25) is 0 Å². The third kappa shape index (κ3) is 2.66. The van der Waals surface area contributed by atoms with Crippen molar-refractivity contribution in [2.75, 3.05) is 5.75 Å². The van der Waals surface area contributed by atoms with Gasteiger partial charge in [-0.25, -0.2) is 8.42 Å². The van der Waals surface area contributed by atoms with E-state index in [-0.39, 0.29) is 11.7 Å². The Morgan fingerprint density at radius 2 is 2.18 bits per heavy atom. The Balaban J connectivity index is 2.28. The van der Waals surface area contributed by atoms with Crippen LogP contribution in [-0.4, -0.2) is 20.1 Å². The lowest BCUT2D eigenvalue weighted by Gasteiger charge is -2.17. The summed E-state index contributed by atoms with van der Waals surface area (Å²) < 4.78 is 23.6. The molecule has 1 aromatic rings. The van der Waals surface area contributed by atoms with E-state index in [2.05, 4.69) is 5.32 Å². The highest BCUT2D eigenvalue weighted by atomic mass is 32.2. The summed E-state index contributed by atoms with van der Waals surface area (Å²) in [5.74, 6) is 0.153. The van der Waals surface area contributed by atoms with Crippen LogP contribution in [0.5, 0.6) is 0 Å². The van der Waals surface area contributed by atoms with Crippen molar-refractivity contribution in [1.82, 2.24) is 5.32 Å². The first kappa shape index (κ1) is 12.1. The highest BCUT2D eigenvalue weighted by molar-refractivity contribution is 7.91. The van der Waals surface area contributed by atoms with Gasteiger partial charge in [0.1, 0.15) is 0 Å². The van der Waals surface area contributed by atoms with E-state index >= 15 is 0 Å². The first-order valence-electron chi connectivity index (χ1n) is 5.58. The Morgan fingerprint density at radius 3 is 2.88 bits per heavy atom. The largest absolute Gasteiger partial charge is 0.352 e. The molecule has 1 heterocycles. The normalized spacial score (nSPS) is 17.2. The molecule has 1 aliphatic rings. The SMILES string of the molecule is CC(=O)NCc1ccc2c(c1)CCCS2(=O)=O. The van der Waals surface area contributed by atoms with Crippen LogP contribution >= 0.6 is 0 Å². The fraction of sp³-hybridized carbons (Fsp3) is 0.417. The Labute approximate surface area is 101 Å². The lowest BCUT2D eigenvalue weighted by atomic mass is 10.1. The zero-order valence-electron chi connectivity index (χ0n) is 9.69.